The van der Waals surface area contributed by atoms with E-state index in [2.05, 4.69) is 14.9 Å². The molecule has 7 nitrogen and oxygen atoms in total. The van der Waals surface area contributed by atoms with Gasteiger partial charge in [0.1, 0.15) is 6.04 Å². The summed E-state index contributed by atoms with van der Waals surface area (Å²) in [7, 11) is 1.64. The van der Waals surface area contributed by atoms with E-state index in [0.717, 1.165) is 12.8 Å². The highest BCUT2D eigenvalue weighted by Gasteiger charge is 2.48. The summed E-state index contributed by atoms with van der Waals surface area (Å²) in [5.74, 6) is 1.42. The Labute approximate surface area is 160 Å². The predicted molar refractivity (Wildman–Crippen MR) is 101 cm³/mol. The van der Waals surface area contributed by atoms with Crippen molar-refractivity contribution >= 4 is 11.9 Å². The Morgan fingerprint density at radius 2 is 1.96 bits per heavy atom. The minimum absolute atomic E-state index is 0.00306. The molecule has 2 aliphatic heterocycles. The van der Waals surface area contributed by atoms with Gasteiger partial charge in [-0.25, -0.2) is 9.97 Å². The molecular formula is C20H30N4O3. The zero-order chi connectivity index (χ0) is 18.9. The Kier molecular flexibility index (Phi) is 5.32. The van der Waals surface area contributed by atoms with Crippen LogP contribution in [0.5, 0.6) is 0 Å². The van der Waals surface area contributed by atoms with Crippen LogP contribution in [0, 0.1) is 5.92 Å². The molecule has 0 spiro atoms. The van der Waals surface area contributed by atoms with E-state index >= 15 is 0 Å². The van der Waals surface area contributed by atoms with Crippen LogP contribution in [0.3, 0.4) is 0 Å². The SMILES string of the molecule is COC1(CO)CCN(C(=O)C2CC3CCCCC3N2c2ncccn2)CC1. The smallest absolute Gasteiger partial charge is 0.245 e. The molecule has 3 atom stereocenters. The number of ether oxygens (including phenoxy) is 1. The molecule has 4 rings (SSSR count). The maximum atomic E-state index is 13.4. The van der Waals surface area contributed by atoms with Gasteiger partial charge in [-0.15, -0.1) is 0 Å². The maximum absolute atomic E-state index is 13.4. The van der Waals surface area contributed by atoms with Crippen molar-refractivity contribution in [3.05, 3.63) is 18.5 Å². The number of aromatic nitrogens is 2. The average Bonchev–Trinajstić information content (AvgIpc) is 3.13. The van der Waals surface area contributed by atoms with Gasteiger partial charge in [0.15, 0.2) is 0 Å². The second kappa shape index (κ2) is 7.72. The van der Waals surface area contributed by atoms with E-state index in [0.29, 0.717) is 43.8 Å². The number of rotatable bonds is 4. The number of methoxy groups -OCH3 is 1. The van der Waals surface area contributed by atoms with Crippen LogP contribution in [0.25, 0.3) is 0 Å². The third-order valence-corrected chi connectivity index (χ3v) is 6.86. The summed E-state index contributed by atoms with van der Waals surface area (Å²) in [5, 5.41) is 9.66. The number of hydrogen-bond acceptors (Lipinski definition) is 6. The van der Waals surface area contributed by atoms with Crippen LogP contribution < -0.4 is 4.90 Å². The number of fused-ring (bicyclic) bond motifs is 1. The first-order valence-corrected chi connectivity index (χ1v) is 10.2. The Balaban J connectivity index is 1.53. The summed E-state index contributed by atoms with van der Waals surface area (Å²) in [4.78, 5) is 26.5. The van der Waals surface area contributed by atoms with Gasteiger partial charge >= 0.3 is 0 Å². The molecule has 1 amide bonds. The molecule has 3 aliphatic rings. The van der Waals surface area contributed by atoms with Crippen molar-refractivity contribution in [1.29, 1.82) is 0 Å². The van der Waals surface area contributed by atoms with E-state index in [1.165, 1.54) is 19.3 Å². The van der Waals surface area contributed by atoms with Gasteiger partial charge in [0.05, 0.1) is 12.2 Å². The van der Waals surface area contributed by atoms with E-state index in [-0.39, 0.29) is 18.6 Å². The van der Waals surface area contributed by atoms with Gasteiger partial charge in [-0.3, -0.25) is 4.79 Å². The molecule has 0 radical (unpaired) electrons. The van der Waals surface area contributed by atoms with Gasteiger partial charge in [0, 0.05) is 38.6 Å². The highest BCUT2D eigenvalue weighted by atomic mass is 16.5. The minimum atomic E-state index is -0.497. The first-order valence-electron chi connectivity index (χ1n) is 10.2. The topological polar surface area (TPSA) is 78.8 Å². The number of piperidine rings is 1. The zero-order valence-corrected chi connectivity index (χ0v) is 16.1. The van der Waals surface area contributed by atoms with Crippen molar-refractivity contribution in [1.82, 2.24) is 14.9 Å². The molecule has 7 heteroatoms. The van der Waals surface area contributed by atoms with Gasteiger partial charge in [-0.05, 0) is 44.1 Å². The largest absolute Gasteiger partial charge is 0.393 e. The van der Waals surface area contributed by atoms with E-state index in [9.17, 15) is 9.90 Å². The van der Waals surface area contributed by atoms with Crippen molar-refractivity contribution in [2.24, 2.45) is 5.92 Å². The first kappa shape index (κ1) is 18.6. The molecule has 1 aromatic rings. The molecule has 1 aromatic heterocycles. The van der Waals surface area contributed by atoms with Gasteiger partial charge in [0.25, 0.3) is 0 Å². The van der Waals surface area contributed by atoms with E-state index in [1.54, 1.807) is 19.5 Å². The van der Waals surface area contributed by atoms with Crippen LogP contribution in [0.15, 0.2) is 18.5 Å². The molecule has 27 heavy (non-hydrogen) atoms. The monoisotopic (exact) mass is 374 g/mol. The third kappa shape index (κ3) is 3.43. The normalized spacial score (nSPS) is 30.2. The molecule has 1 saturated carbocycles. The highest BCUT2D eigenvalue weighted by Crippen LogP contribution is 2.42. The summed E-state index contributed by atoms with van der Waals surface area (Å²) in [6.07, 6.45) is 10.5. The van der Waals surface area contributed by atoms with Crippen LogP contribution in [-0.2, 0) is 9.53 Å². The fourth-order valence-corrected chi connectivity index (χ4v) is 5.16. The number of hydrogen-bond donors (Lipinski definition) is 1. The van der Waals surface area contributed by atoms with Gasteiger partial charge in [0.2, 0.25) is 11.9 Å². The Hall–Kier alpha value is -1.73. The molecule has 0 bridgehead atoms. The van der Waals surface area contributed by atoms with Crippen LogP contribution in [0.4, 0.5) is 5.95 Å². The number of carbonyl (C=O) groups is 1. The molecule has 3 unspecified atom stereocenters. The van der Waals surface area contributed by atoms with Crippen molar-refractivity contribution < 1.29 is 14.6 Å². The van der Waals surface area contributed by atoms with Crippen molar-refractivity contribution in [2.45, 2.75) is 62.6 Å². The molecule has 148 valence electrons. The standard InChI is InChI=1S/C20H30N4O3/c1-27-20(14-25)7-11-23(12-8-20)18(26)17-13-15-5-2-3-6-16(15)24(17)19-21-9-4-10-22-19/h4,9-10,15-17,25H,2-3,5-8,11-14H2,1H3. The van der Waals surface area contributed by atoms with Crippen molar-refractivity contribution in [3.63, 3.8) is 0 Å². The second-order valence-electron chi connectivity index (χ2n) is 8.19. The lowest BCUT2D eigenvalue weighted by molar-refractivity contribution is -0.140. The van der Waals surface area contributed by atoms with Crippen LogP contribution >= 0.6 is 0 Å². The number of aliphatic hydroxyl groups excluding tert-OH is 1. The Morgan fingerprint density at radius 1 is 1.26 bits per heavy atom. The molecule has 3 heterocycles. The molecular weight excluding hydrogens is 344 g/mol. The number of aliphatic hydroxyl groups is 1. The average molecular weight is 374 g/mol. The van der Waals surface area contributed by atoms with Gasteiger partial charge in [-0.2, -0.15) is 0 Å². The molecule has 2 saturated heterocycles. The molecule has 0 aromatic carbocycles. The first-order chi connectivity index (χ1) is 13.2. The molecule has 3 fully saturated rings. The molecule has 1 aliphatic carbocycles. The van der Waals surface area contributed by atoms with Crippen LogP contribution in [0.1, 0.15) is 44.9 Å². The lowest BCUT2D eigenvalue weighted by Gasteiger charge is -2.41. The van der Waals surface area contributed by atoms with Gasteiger partial charge < -0.3 is 19.6 Å². The van der Waals surface area contributed by atoms with Crippen LogP contribution in [0.2, 0.25) is 0 Å². The number of likely N-dealkylation sites (tertiary alicyclic amines) is 1. The fraction of sp³-hybridized carbons (Fsp3) is 0.750. The number of amides is 1. The summed E-state index contributed by atoms with van der Waals surface area (Å²) in [6.45, 7) is 1.26. The summed E-state index contributed by atoms with van der Waals surface area (Å²) < 4.78 is 5.53. The fourth-order valence-electron chi connectivity index (χ4n) is 5.16. The summed E-state index contributed by atoms with van der Waals surface area (Å²) in [6, 6.07) is 2.01. The summed E-state index contributed by atoms with van der Waals surface area (Å²) in [5.41, 5.74) is -0.497. The lowest BCUT2D eigenvalue weighted by atomic mass is 9.84. The van der Waals surface area contributed by atoms with Crippen molar-refractivity contribution in [3.8, 4) is 0 Å². The maximum Gasteiger partial charge on any atom is 0.245 e. The van der Waals surface area contributed by atoms with E-state index < -0.39 is 5.60 Å². The van der Waals surface area contributed by atoms with E-state index in [4.69, 9.17) is 4.74 Å². The summed E-state index contributed by atoms with van der Waals surface area (Å²) >= 11 is 0. The second-order valence-corrected chi connectivity index (χ2v) is 8.19. The number of nitrogens with zero attached hydrogens (tertiary/aromatic N) is 4. The highest BCUT2D eigenvalue weighted by molar-refractivity contribution is 5.86. The van der Waals surface area contributed by atoms with Crippen molar-refractivity contribution in [2.75, 3.05) is 31.7 Å². The quantitative estimate of drug-likeness (QED) is 0.863. The zero-order valence-electron chi connectivity index (χ0n) is 16.1. The number of carbonyl (C=O) groups excluding carboxylic acids is 1. The van der Waals surface area contributed by atoms with Gasteiger partial charge in [-0.1, -0.05) is 12.8 Å². The minimum Gasteiger partial charge on any atom is -0.393 e. The Morgan fingerprint density at radius 3 is 2.63 bits per heavy atom. The van der Waals surface area contributed by atoms with E-state index in [1.807, 2.05) is 11.0 Å². The lowest BCUT2D eigenvalue weighted by Crippen LogP contribution is -2.54. The third-order valence-electron chi connectivity index (χ3n) is 6.86. The number of anilines is 1. The predicted octanol–water partition coefficient (Wildman–Crippen LogP) is 1.61. The molecule has 1 N–H and O–H groups in total. The Bertz CT molecular complexity index is 642. The van der Waals surface area contributed by atoms with Crippen LogP contribution in [-0.4, -0.2) is 70.4 Å².